The Morgan fingerprint density at radius 1 is 1.36 bits per heavy atom. The Kier molecular flexibility index (Phi) is 5.25. The van der Waals surface area contributed by atoms with Crippen LogP contribution in [0.5, 0.6) is 11.5 Å². The first kappa shape index (κ1) is 16.1. The Balaban J connectivity index is 1.91. The van der Waals surface area contributed by atoms with E-state index in [1.54, 1.807) is 25.1 Å². The van der Waals surface area contributed by atoms with Crippen LogP contribution in [0.4, 0.5) is 5.69 Å². The van der Waals surface area contributed by atoms with Crippen molar-refractivity contribution in [2.45, 2.75) is 33.3 Å². The summed E-state index contributed by atoms with van der Waals surface area (Å²) >= 11 is 0. The van der Waals surface area contributed by atoms with Gasteiger partial charge in [0.05, 0.1) is 12.3 Å². The molecule has 0 fully saturated rings. The first-order valence-electron chi connectivity index (χ1n) is 7.35. The molecule has 0 radical (unpaired) electrons. The summed E-state index contributed by atoms with van der Waals surface area (Å²) in [5, 5.41) is 2.69. The van der Waals surface area contributed by atoms with Crippen LogP contribution in [0.1, 0.15) is 27.2 Å². The summed E-state index contributed by atoms with van der Waals surface area (Å²) in [6.07, 6.45) is 0.103. The van der Waals surface area contributed by atoms with Crippen LogP contribution in [0.25, 0.3) is 0 Å². The summed E-state index contributed by atoms with van der Waals surface area (Å²) in [6.45, 7) is 6.16. The lowest BCUT2D eigenvalue weighted by atomic mass is 10.1. The highest BCUT2D eigenvalue weighted by Gasteiger charge is 2.19. The van der Waals surface area contributed by atoms with Gasteiger partial charge >= 0.3 is 5.97 Å². The number of fused-ring (bicyclic) bond motifs is 1. The van der Waals surface area contributed by atoms with Gasteiger partial charge in [-0.25, -0.2) is 4.79 Å². The molecule has 1 N–H and O–H groups in total. The Hall–Kier alpha value is -2.24. The largest absolute Gasteiger partial charge is 0.482 e. The fraction of sp³-hybridized carbons (Fsp3) is 0.500. The number of hydrogen-bond acceptors (Lipinski definition) is 5. The number of carbonyl (C=O) groups excluding carboxylic acids is 2. The van der Waals surface area contributed by atoms with Crippen LogP contribution >= 0.6 is 0 Å². The second kappa shape index (κ2) is 7.15. The number of ether oxygens (including phenoxy) is 3. The van der Waals surface area contributed by atoms with Gasteiger partial charge in [-0.2, -0.15) is 0 Å². The van der Waals surface area contributed by atoms with Crippen LogP contribution in [0, 0.1) is 5.92 Å². The second-order valence-electron chi connectivity index (χ2n) is 5.60. The summed E-state index contributed by atoms with van der Waals surface area (Å²) in [6, 6.07) is 5.01. The van der Waals surface area contributed by atoms with E-state index in [0.717, 1.165) is 6.42 Å². The van der Waals surface area contributed by atoms with Gasteiger partial charge in [-0.05, 0) is 31.4 Å². The van der Waals surface area contributed by atoms with Gasteiger partial charge in [-0.1, -0.05) is 13.8 Å². The molecule has 1 aliphatic heterocycles. The maximum Gasteiger partial charge on any atom is 0.347 e. The highest BCUT2D eigenvalue weighted by molar-refractivity contribution is 5.95. The Bertz CT molecular complexity index is 555. The lowest BCUT2D eigenvalue weighted by molar-refractivity contribution is -0.151. The number of carbonyl (C=O) groups is 2. The molecule has 1 amide bonds. The number of rotatable bonds is 6. The molecule has 1 aromatic carbocycles. The predicted octanol–water partition coefficient (Wildman–Crippen LogP) is 2.37. The third-order valence-electron chi connectivity index (χ3n) is 3.17. The fourth-order valence-corrected chi connectivity index (χ4v) is 1.90. The molecule has 0 spiro atoms. The van der Waals surface area contributed by atoms with E-state index < -0.39 is 12.1 Å². The molecular formula is C16H21NO5. The highest BCUT2D eigenvalue weighted by atomic mass is 16.6. The van der Waals surface area contributed by atoms with Crippen LogP contribution in [0.15, 0.2) is 18.2 Å². The maximum atomic E-state index is 11.8. The monoisotopic (exact) mass is 307 g/mol. The average Bonchev–Trinajstić information content (AvgIpc) is 2.46. The van der Waals surface area contributed by atoms with Crippen LogP contribution in [0.3, 0.4) is 0 Å². The minimum Gasteiger partial charge on any atom is -0.482 e. The van der Waals surface area contributed by atoms with Crippen molar-refractivity contribution >= 4 is 17.6 Å². The summed E-state index contributed by atoms with van der Waals surface area (Å²) in [4.78, 5) is 23.1. The number of hydrogen-bond donors (Lipinski definition) is 1. The number of amides is 1. The zero-order valence-electron chi connectivity index (χ0n) is 13.0. The molecule has 6 nitrogen and oxygen atoms in total. The van der Waals surface area contributed by atoms with E-state index in [9.17, 15) is 9.59 Å². The number of nitrogens with one attached hydrogen (secondary N) is 1. The van der Waals surface area contributed by atoms with Gasteiger partial charge in [0.15, 0.2) is 12.7 Å². The molecule has 0 saturated carbocycles. The Morgan fingerprint density at radius 3 is 2.86 bits per heavy atom. The Morgan fingerprint density at radius 2 is 2.14 bits per heavy atom. The average molecular weight is 307 g/mol. The molecule has 2 rings (SSSR count). The van der Waals surface area contributed by atoms with E-state index in [4.69, 9.17) is 14.2 Å². The van der Waals surface area contributed by atoms with Crippen molar-refractivity contribution < 1.29 is 23.8 Å². The first-order chi connectivity index (χ1) is 10.5. The maximum absolute atomic E-state index is 11.8. The smallest absolute Gasteiger partial charge is 0.347 e. The van der Waals surface area contributed by atoms with Crippen molar-refractivity contribution in [3.05, 3.63) is 18.2 Å². The normalized spacial score (nSPS) is 14.6. The fourth-order valence-electron chi connectivity index (χ4n) is 1.90. The number of esters is 1. The molecule has 0 bridgehead atoms. The van der Waals surface area contributed by atoms with E-state index in [1.165, 1.54) is 0 Å². The molecule has 0 aromatic heterocycles. The lowest BCUT2D eigenvalue weighted by Gasteiger charge is -2.20. The summed E-state index contributed by atoms with van der Waals surface area (Å²) in [7, 11) is 0. The number of anilines is 1. The summed E-state index contributed by atoms with van der Waals surface area (Å²) in [5.41, 5.74) is 0.536. The Labute approximate surface area is 129 Å². The van der Waals surface area contributed by atoms with Crippen molar-refractivity contribution in [2.75, 3.05) is 18.5 Å². The van der Waals surface area contributed by atoms with Crippen molar-refractivity contribution in [3.8, 4) is 11.5 Å². The topological polar surface area (TPSA) is 73.9 Å². The van der Waals surface area contributed by atoms with Gasteiger partial charge in [0, 0.05) is 6.07 Å². The van der Waals surface area contributed by atoms with Crippen LogP contribution < -0.4 is 14.8 Å². The molecule has 120 valence electrons. The molecule has 0 saturated heterocycles. The van der Waals surface area contributed by atoms with Gasteiger partial charge in [0.2, 0.25) is 0 Å². The van der Waals surface area contributed by atoms with Crippen LogP contribution in [-0.2, 0) is 14.3 Å². The third kappa shape index (κ3) is 4.38. The number of benzene rings is 1. The van der Waals surface area contributed by atoms with Crippen LogP contribution in [-0.4, -0.2) is 31.2 Å². The van der Waals surface area contributed by atoms with E-state index in [1.807, 2.05) is 0 Å². The van der Waals surface area contributed by atoms with Gasteiger partial charge in [0.1, 0.15) is 11.5 Å². The van der Waals surface area contributed by atoms with E-state index in [-0.39, 0.29) is 12.5 Å². The van der Waals surface area contributed by atoms with Gasteiger partial charge < -0.3 is 19.5 Å². The molecule has 1 unspecified atom stereocenters. The zero-order chi connectivity index (χ0) is 16.1. The molecule has 6 heteroatoms. The van der Waals surface area contributed by atoms with Gasteiger partial charge in [0.25, 0.3) is 5.91 Å². The summed E-state index contributed by atoms with van der Waals surface area (Å²) < 4.78 is 16.0. The van der Waals surface area contributed by atoms with Crippen LogP contribution in [0.2, 0.25) is 0 Å². The molecular weight excluding hydrogens is 286 g/mol. The predicted molar refractivity (Wildman–Crippen MR) is 81.1 cm³/mol. The van der Waals surface area contributed by atoms with E-state index in [0.29, 0.717) is 29.7 Å². The standard InChI is InChI=1S/C16H21NO5/c1-10(2)6-7-20-16(19)11(3)22-12-4-5-14-13(8-12)17-15(18)9-21-14/h4-5,8,10-11H,6-7,9H2,1-3H3,(H,17,18). The molecule has 1 aliphatic rings. The van der Waals surface area contributed by atoms with Crippen molar-refractivity contribution in [2.24, 2.45) is 5.92 Å². The highest BCUT2D eigenvalue weighted by Crippen LogP contribution is 2.31. The molecule has 22 heavy (non-hydrogen) atoms. The minimum atomic E-state index is -0.717. The second-order valence-corrected chi connectivity index (χ2v) is 5.60. The lowest BCUT2D eigenvalue weighted by Crippen LogP contribution is -2.27. The van der Waals surface area contributed by atoms with Crippen molar-refractivity contribution in [1.29, 1.82) is 0 Å². The summed E-state index contributed by atoms with van der Waals surface area (Å²) in [5.74, 6) is 0.912. The van der Waals surface area contributed by atoms with Crippen molar-refractivity contribution in [1.82, 2.24) is 0 Å². The van der Waals surface area contributed by atoms with Gasteiger partial charge in [-0.15, -0.1) is 0 Å². The third-order valence-corrected chi connectivity index (χ3v) is 3.17. The minimum absolute atomic E-state index is 0.00574. The quantitative estimate of drug-likeness (QED) is 0.817. The van der Waals surface area contributed by atoms with E-state index in [2.05, 4.69) is 19.2 Å². The molecule has 1 atom stereocenters. The van der Waals surface area contributed by atoms with Crippen molar-refractivity contribution in [3.63, 3.8) is 0 Å². The van der Waals surface area contributed by atoms with Gasteiger partial charge in [-0.3, -0.25) is 4.79 Å². The van der Waals surface area contributed by atoms with E-state index >= 15 is 0 Å². The molecule has 1 heterocycles. The first-order valence-corrected chi connectivity index (χ1v) is 7.35. The molecule has 0 aliphatic carbocycles. The molecule has 1 aromatic rings. The zero-order valence-corrected chi connectivity index (χ0v) is 13.0. The SMILES string of the molecule is CC(C)CCOC(=O)C(C)Oc1ccc2c(c1)NC(=O)CO2.